The Balaban J connectivity index is 1.71. The molecule has 130 valence electrons. The van der Waals surface area contributed by atoms with Gasteiger partial charge in [0, 0.05) is 6.54 Å². The molecule has 0 spiro atoms. The van der Waals surface area contributed by atoms with Crippen LogP contribution in [0.1, 0.15) is 34.3 Å². The standard InChI is InChI=1S/C20H21NO4/c22-18(23)16-6-4-5-15(13-16)14-21-11-9-20(10-12-21,19(24)25)17-7-2-1-3-8-17/h1-8,13H,9-12,14H2,(H,22,23)(H,24,25). The van der Waals surface area contributed by atoms with E-state index >= 15 is 0 Å². The second-order valence-electron chi connectivity index (χ2n) is 6.53. The summed E-state index contributed by atoms with van der Waals surface area (Å²) in [5.41, 5.74) is 1.23. The predicted octanol–water partition coefficient (Wildman–Crippen LogP) is 3.00. The number of hydrogen-bond donors (Lipinski definition) is 2. The van der Waals surface area contributed by atoms with E-state index in [4.69, 9.17) is 5.11 Å². The Morgan fingerprint density at radius 1 is 0.960 bits per heavy atom. The normalized spacial score (nSPS) is 17.1. The zero-order valence-electron chi connectivity index (χ0n) is 13.9. The molecule has 5 heteroatoms. The van der Waals surface area contributed by atoms with Crippen LogP contribution in [0.25, 0.3) is 0 Å². The maximum Gasteiger partial charge on any atom is 0.335 e. The molecule has 0 aliphatic carbocycles. The third-order valence-corrected chi connectivity index (χ3v) is 5.03. The zero-order chi connectivity index (χ0) is 17.9. The number of nitrogens with zero attached hydrogens (tertiary/aromatic N) is 1. The summed E-state index contributed by atoms with van der Waals surface area (Å²) in [7, 11) is 0. The van der Waals surface area contributed by atoms with Gasteiger partial charge in [-0.2, -0.15) is 0 Å². The van der Waals surface area contributed by atoms with Crippen LogP contribution in [0.4, 0.5) is 0 Å². The molecule has 0 atom stereocenters. The summed E-state index contributed by atoms with van der Waals surface area (Å²) < 4.78 is 0. The first kappa shape index (κ1) is 17.2. The summed E-state index contributed by atoms with van der Waals surface area (Å²) in [6.45, 7) is 1.96. The van der Waals surface area contributed by atoms with E-state index in [1.807, 2.05) is 36.4 Å². The van der Waals surface area contributed by atoms with Gasteiger partial charge in [-0.15, -0.1) is 0 Å². The van der Waals surface area contributed by atoms with Gasteiger partial charge in [-0.05, 0) is 49.2 Å². The fourth-order valence-corrected chi connectivity index (χ4v) is 3.54. The fourth-order valence-electron chi connectivity index (χ4n) is 3.54. The molecule has 2 aromatic carbocycles. The van der Waals surface area contributed by atoms with Crippen LogP contribution in [0.3, 0.4) is 0 Å². The lowest BCUT2D eigenvalue weighted by atomic mass is 9.73. The molecule has 2 N–H and O–H groups in total. The molecule has 1 saturated heterocycles. The number of aliphatic carboxylic acids is 1. The summed E-state index contributed by atoms with van der Waals surface area (Å²) >= 11 is 0. The van der Waals surface area contributed by atoms with E-state index in [1.165, 1.54) is 0 Å². The van der Waals surface area contributed by atoms with Crippen LogP contribution < -0.4 is 0 Å². The van der Waals surface area contributed by atoms with E-state index in [-0.39, 0.29) is 5.56 Å². The molecule has 25 heavy (non-hydrogen) atoms. The Hall–Kier alpha value is -2.66. The summed E-state index contributed by atoms with van der Waals surface area (Å²) in [6.07, 6.45) is 1.09. The van der Waals surface area contributed by atoms with Crippen molar-refractivity contribution in [2.45, 2.75) is 24.8 Å². The Kier molecular flexibility index (Phi) is 4.86. The lowest BCUT2D eigenvalue weighted by Crippen LogP contribution is -2.47. The van der Waals surface area contributed by atoms with Crippen molar-refractivity contribution in [2.75, 3.05) is 13.1 Å². The Morgan fingerprint density at radius 2 is 1.64 bits per heavy atom. The van der Waals surface area contributed by atoms with Crippen molar-refractivity contribution < 1.29 is 19.8 Å². The Labute approximate surface area is 146 Å². The van der Waals surface area contributed by atoms with Crippen molar-refractivity contribution in [3.8, 4) is 0 Å². The van der Waals surface area contributed by atoms with E-state index in [1.54, 1.807) is 18.2 Å². The molecule has 3 rings (SSSR count). The van der Waals surface area contributed by atoms with Gasteiger partial charge in [0.2, 0.25) is 0 Å². The number of piperidine rings is 1. The molecule has 1 heterocycles. The molecule has 0 saturated carbocycles. The highest BCUT2D eigenvalue weighted by Crippen LogP contribution is 2.36. The molecule has 0 unspecified atom stereocenters. The Bertz CT molecular complexity index is 764. The lowest BCUT2D eigenvalue weighted by molar-refractivity contribution is -0.146. The molecule has 0 bridgehead atoms. The largest absolute Gasteiger partial charge is 0.481 e. The van der Waals surface area contributed by atoms with Crippen LogP contribution >= 0.6 is 0 Å². The summed E-state index contributed by atoms with van der Waals surface area (Å²) in [5, 5.41) is 18.9. The highest BCUT2D eigenvalue weighted by Gasteiger charge is 2.42. The number of benzene rings is 2. The highest BCUT2D eigenvalue weighted by molar-refractivity contribution is 5.87. The van der Waals surface area contributed by atoms with Gasteiger partial charge in [-0.3, -0.25) is 9.69 Å². The van der Waals surface area contributed by atoms with Crippen LogP contribution in [0, 0.1) is 0 Å². The Morgan fingerprint density at radius 3 is 2.24 bits per heavy atom. The smallest absolute Gasteiger partial charge is 0.335 e. The fraction of sp³-hybridized carbons (Fsp3) is 0.300. The van der Waals surface area contributed by atoms with Gasteiger partial charge in [-0.1, -0.05) is 42.5 Å². The third-order valence-electron chi connectivity index (χ3n) is 5.03. The molecule has 0 amide bonds. The van der Waals surface area contributed by atoms with Gasteiger partial charge in [-0.25, -0.2) is 4.79 Å². The zero-order valence-corrected chi connectivity index (χ0v) is 13.9. The van der Waals surface area contributed by atoms with E-state index < -0.39 is 17.4 Å². The van der Waals surface area contributed by atoms with Gasteiger partial charge in [0.25, 0.3) is 0 Å². The van der Waals surface area contributed by atoms with Crippen LogP contribution in [0.5, 0.6) is 0 Å². The lowest BCUT2D eigenvalue weighted by Gasteiger charge is -2.39. The summed E-state index contributed by atoms with van der Waals surface area (Å²) in [6, 6.07) is 16.3. The predicted molar refractivity (Wildman–Crippen MR) is 93.7 cm³/mol. The van der Waals surface area contributed by atoms with Crippen LogP contribution in [-0.2, 0) is 16.8 Å². The first-order chi connectivity index (χ1) is 12.0. The van der Waals surface area contributed by atoms with Gasteiger partial charge in [0.1, 0.15) is 0 Å². The first-order valence-electron chi connectivity index (χ1n) is 8.35. The molecule has 0 aromatic heterocycles. The SMILES string of the molecule is O=C(O)c1cccc(CN2CCC(C(=O)O)(c3ccccc3)CC2)c1. The highest BCUT2D eigenvalue weighted by atomic mass is 16.4. The molecule has 0 radical (unpaired) electrons. The molecule has 2 aromatic rings. The number of carboxylic acids is 2. The monoisotopic (exact) mass is 339 g/mol. The van der Waals surface area contributed by atoms with E-state index in [0.29, 0.717) is 32.5 Å². The van der Waals surface area contributed by atoms with Crippen molar-refractivity contribution in [2.24, 2.45) is 0 Å². The second-order valence-corrected chi connectivity index (χ2v) is 6.53. The summed E-state index contributed by atoms with van der Waals surface area (Å²) in [5.74, 6) is -1.71. The molecule has 1 aliphatic heterocycles. The minimum Gasteiger partial charge on any atom is -0.481 e. The summed E-state index contributed by atoms with van der Waals surface area (Å²) in [4.78, 5) is 25.2. The number of hydrogen-bond acceptors (Lipinski definition) is 3. The third kappa shape index (κ3) is 3.56. The van der Waals surface area contributed by atoms with E-state index in [0.717, 1.165) is 11.1 Å². The number of carboxylic acid groups (broad SMARTS) is 2. The number of rotatable bonds is 5. The van der Waals surface area contributed by atoms with Crippen molar-refractivity contribution >= 4 is 11.9 Å². The van der Waals surface area contributed by atoms with Crippen LogP contribution in [0.15, 0.2) is 54.6 Å². The molecule has 5 nitrogen and oxygen atoms in total. The van der Waals surface area contributed by atoms with Crippen LogP contribution in [-0.4, -0.2) is 40.1 Å². The van der Waals surface area contributed by atoms with Crippen molar-refractivity contribution in [1.29, 1.82) is 0 Å². The number of aromatic carboxylic acids is 1. The van der Waals surface area contributed by atoms with Crippen molar-refractivity contribution in [3.63, 3.8) is 0 Å². The quantitative estimate of drug-likeness (QED) is 0.875. The minimum atomic E-state index is -0.936. The van der Waals surface area contributed by atoms with Crippen molar-refractivity contribution in [1.82, 2.24) is 4.90 Å². The molecular formula is C20H21NO4. The molecule has 1 fully saturated rings. The van der Waals surface area contributed by atoms with Gasteiger partial charge in [0.05, 0.1) is 11.0 Å². The van der Waals surface area contributed by atoms with Gasteiger partial charge in [0.15, 0.2) is 0 Å². The van der Waals surface area contributed by atoms with Crippen molar-refractivity contribution in [3.05, 3.63) is 71.3 Å². The van der Waals surface area contributed by atoms with Gasteiger partial charge < -0.3 is 10.2 Å². The molecule has 1 aliphatic rings. The van der Waals surface area contributed by atoms with Crippen LogP contribution in [0.2, 0.25) is 0 Å². The average Bonchev–Trinajstić information content (AvgIpc) is 2.63. The molecular weight excluding hydrogens is 318 g/mol. The minimum absolute atomic E-state index is 0.277. The van der Waals surface area contributed by atoms with E-state index in [9.17, 15) is 14.7 Å². The maximum atomic E-state index is 12.0. The van der Waals surface area contributed by atoms with E-state index in [2.05, 4.69) is 4.90 Å². The first-order valence-corrected chi connectivity index (χ1v) is 8.35. The second kappa shape index (κ2) is 7.07. The average molecular weight is 339 g/mol. The van der Waals surface area contributed by atoms with Gasteiger partial charge >= 0.3 is 11.9 Å². The topological polar surface area (TPSA) is 77.8 Å². The number of carbonyl (C=O) groups is 2. The number of likely N-dealkylation sites (tertiary alicyclic amines) is 1. The maximum absolute atomic E-state index is 12.0.